The number of ether oxygens (including phenoxy) is 6. The Morgan fingerprint density at radius 1 is 0.967 bits per heavy atom. The normalized spacial score (nSPS) is 22.3. The first-order valence-corrected chi connectivity index (χ1v) is 20.1. The van der Waals surface area contributed by atoms with Crippen LogP contribution in [0.15, 0.2) is 42.9 Å². The molecule has 0 unspecified atom stereocenters. The highest BCUT2D eigenvalue weighted by atomic mass is 32.1. The standard InChI is InChI=1S/C41H52N8O11S/c1-24-14-16-48(32(52)20-42-5)21-31(24)47(8)36-30-15-17-49(37(30)44-23-43-36)40(54)45(6)18-19-46(7)41(61)56-22-28-10-12-29(13-11-28)59-39-35(58-27(4)51)33(57-26(3)50)25(2)34(60-39)38(53)55-9/h10-13,15,17,23-25,31,33-35,39H,14,16,18-22H2,1-4,6-9H3/t24-,25+,31+,33+,34+,35-,39-/m1/s1. The average molecular weight is 865 g/mol. The van der Waals surface area contributed by atoms with Crippen molar-refractivity contribution in [1.29, 1.82) is 0 Å². The Bertz CT molecular complexity index is 2130. The molecule has 61 heavy (non-hydrogen) atoms. The number of anilines is 1. The molecule has 0 spiro atoms. The minimum absolute atomic E-state index is 0.0417. The number of carbonyl (C=O) groups is 5. The maximum atomic E-state index is 13.7. The van der Waals surface area contributed by atoms with E-state index in [4.69, 9.17) is 47.2 Å². The molecule has 3 aromatic rings. The highest BCUT2D eigenvalue weighted by molar-refractivity contribution is 7.80. The van der Waals surface area contributed by atoms with Gasteiger partial charge in [0.15, 0.2) is 17.9 Å². The van der Waals surface area contributed by atoms with Gasteiger partial charge in [-0.15, -0.1) is 0 Å². The number of amides is 2. The molecule has 1 aromatic carbocycles. The number of fused-ring (bicyclic) bond motifs is 1. The number of carbonyl (C=O) groups excluding carboxylic acids is 5. The van der Waals surface area contributed by atoms with Crippen LogP contribution in [0.25, 0.3) is 15.9 Å². The van der Waals surface area contributed by atoms with E-state index >= 15 is 0 Å². The predicted molar refractivity (Wildman–Crippen MR) is 223 cm³/mol. The van der Waals surface area contributed by atoms with Crippen molar-refractivity contribution in [1.82, 2.24) is 29.2 Å². The molecule has 2 aromatic heterocycles. The summed E-state index contributed by atoms with van der Waals surface area (Å²) in [5.74, 6) is -1.70. The zero-order valence-electron chi connectivity index (χ0n) is 35.5. The minimum atomic E-state index is -1.32. The monoisotopic (exact) mass is 864 g/mol. The lowest BCUT2D eigenvalue weighted by Crippen LogP contribution is -2.60. The van der Waals surface area contributed by atoms with Gasteiger partial charge in [0.05, 0.1) is 18.5 Å². The van der Waals surface area contributed by atoms with Crippen molar-refractivity contribution in [2.24, 2.45) is 11.8 Å². The number of methoxy groups -OCH3 is 1. The first kappa shape index (κ1) is 46.0. The number of thiocarbonyl (C=S) groups is 1. The van der Waals surface area contributed by atoms with Crippen LogP contribution in [0, 0.1) is 18.4 Å². The van der Waals surface area contributed by atoms with Gasteiger partial charge in [-0.05, 0) is 48.3 Å². The second kappa shape index (κ2) is 20.5. The van der Waals surface area contributed by atoms with Crippen LogP contribution in [-0.4, -0.2) is 156 Å². The third-order valence-electron chi connectivity index (χ3n) is 10.8. The largest absolute Gasteiger partial charge is 0.467 e. The summed E-state index contributed by atoms with van der Waals surface area (Å²) in [7, 11) is 6.57. The van der Waals surface area contributed by atoms with Gasteiger partial charge in [-0.1, -0.05) is 26.0 Å². The molecular weight excluding hydrogens is 813 g/mol. The highest BCUT2D eigenvalue weighted by Gasteiger charge is 2.52. The first-order valence-electron chi connectivity index (χ1n) is 19.7. The SMILES string of the molecule is [C-]#[N+]CC(=O)N1CC[C@@H](C)[C@@H](N(C)c2ncnc3c2ccn3C(=O)N(C)CCN(C)C(=S)OCc2ccc(O[C@@H]3O[C@H](C(=O)OC)[C@@H](C)[C@H](OC(C)=O)[C@H]3OC(C)=O)cc2)C1. The number of esters is 3. The fourth-order valence-corrected chi connectivity index (χ4v) is 7.49. The van der Waals surface area contributed by atoms with Gasteiger partial charge in [0, 0.05) is 73.3 Å². The number of nitrogens with zero attached hydrogens (tertiary/aromatic N) is 8. The molecule has 2 amide bonds. The van der Waals surface area contributed by atoms with Gasteiger partial charge >= 0.3 is 29.8 Å². The molecule has 2 aliphatic heterocycles. The molecule has 0 aliphatic carbocycles. The fraction of sp³-hybridized carbons (Fsp3) is 0.537. The van der Waals surface area contributed by atoms with Crippen LogP contribution in [0.1, 0.15) is 39.7 Å². The molecule has 7 atom stereocenters. The number of benzene rings is 1. The summed E-state index contributed by atoms with van der Waals surface area (Å²) in [6, 6.07) is 8.19. The van der Waals surface area contributed by atoms with Crippen LogP contribution >= 0.6 is 12.2 Å². The molecule has 2 saturated heterocycles. The highest BCUT2D eigenvalue weighted by Crippen LogP contribution is 2.33. The number of rotatable bonds is 13. The van der Waals surface area contributed by atoms with Crippen molar-refractivity contribution in [2.75, 3.05) is 65.9 Å². The van der Waals surface area contributed by atoms with E-state index in [0.29, 0.717) is 48.8 Å². The number of hydrogen-bond acceptors (Lipinski definition) is 15. The molecule has 0 saturated carbocycles. The minimum Gasteiger partial charge on any atom is -0.467 e. The maximum absolute atomic E-state index is 13.7. The van der Waals surface area contributed by atoms with Gasteiger partial charge in [-0.25, -0.2) is 26.1 Å². The topological polar surface area (TPSA) is 189 Å². The lowest BCUT2D eigenvalue weighted by Gasteiger charge is -2.42. The van der Waals surface area contributed by atoms with Gasteiger partial charge in [-0.3, -0.25) is 19.0 Å². The number of likely N-dealkylation sites (tertiary alicyclic amines) is 1. The van der Waals surface area contributed by atoms with Crippen LogP contribution < -0.4 is 9.64 Å². The third-order valence-corrected chi connectivity index (χ3v) is 11.3. The molecule has 0 bridgehead atoms. The fourth-order valence-electron chi connectivity index (χ4n) is 7.34. The molecular formula is C41H52N8O11S. The van der Waals surface area contributed by atoms with E-state index in [0.717, 1.165) is 12.0 Å². The van der Waals surface area contributed by atoms with Gasteiger partial charge < -0.3 is 52.9 Å². The Hall–Kier alpha value is -6.07. The molecule has 0 N–H and O–H groups in total. The van der Waals surface area contributed by atoms with Gasteiger partial charge in [0.25, 0.3) is 11.7 Å². The Morgan fingerprint density at radius 3 is 2.30 bits per heavy atom. The van der Waals surface area contributed by atoms with Crippen molar-refractivity contribution in [3.05, 3.63) is 59.8 Å². The number of hydrogen-bond donors (Lipinski definition) is 0. The van der Waals surface area contributed by atoms with E-state index in [2.05, 4.69) is 21.7 Å². The molecule has 2 fully saturated rings. The van der Waals surface area contributed by atoms with Crippen LogP contribution in [-0.2, 0) is 49.5 Å². The van der Waals surface area contributed by atoms with E-state index in [1.54, 1.807) is 66.2 Å². The average Bonchev–Trinajstić information content (AvgIpc) is 3.68. The summed E-state index contributed by atoms with van der Waals surface area (Å²) in [6.07, 6.45) is -0.834. The van der Waals surface area contributed by atoms with E-state index in [-0.39, 0.29) is 42.2 Å². The number of likely N-dealkylation sites (N-methyl/N-ethyl adjacent to an activating group) is 3. The Morgan fingerprint density at radius 2 is 1.64 bits per heavy atom. The maximum Gasteiger partial charge on any atom is 0.335 e. The molecule has 0 radical (unpaired) electrons. The Balaban J connectivity index is 1.15. The second-order valence-corrected chi connectivity index (χ2v) is 15.5. The Labute approximate surface area is 359 Å². The van der Waals surface area contributed by atoms with Crippen molar-refractivity contribution >= 4 is 64.1 Å². The van der Waals surface area contributed by atoms with E-state index < -0.39 is 48.4 Å². The van der Waals surface area contributed by atoms with E-state index in [9.17, 15) is 24.0 Å². The van der Waals surface area contributed by atoms with Crippen molar-refractivity contribution in [3.63, 3.8) is 0 Å². The molecule has 19 nitrogen and oxygen atoms in total. The smallest absolute Gasteiger partial charge is 0.335 e. The summed E-state index contributed by atoms with van der Waals surface area (Å²) >= 11 is 5.53. The first-order chi connectivity index (χ1) is 29.0. The molecule has 4 heterocycles. The summed E-state index contributed by atoms with van der Waals surface area (Å²) in [4.78, 5) is 82.0. The van der Waals surface area contributed by atoms with Gasteiger partial charge in [0.1, 0.15) is 24.5 Å². The zero-order valence-corrected chi connectivity index (χ0v) is 36.3. The number of piperidine rings is 1. The zero-order chi connectivity index (χ0) is 44.5. The quantitative estimate of drug-likeness (QED) is 0.105. The summed E-state index contributed by atoms with van der Waals surface area (Å²) in [6.45, 7) is 14.9. The summed E-state index contributed by atoms with van der Waals surface area (Å²) in [5.41, 5.74) is 1.19. The number of aromatic nitrogens is 3. The van der Waals surface area contributed by atoms with Crippen LogP contribution in [0.2, 0.25) is 0 Å². The third kappa shape index (κ3) is 11.0. The second-order valence-electron chi connectivity index (χ2n) is 15.1. The van der Waals surface area contributed by atoms with E-state index in [1.165, 1.54) is 31.9 Å². The Kier molecular flexibility index (Phi) is 15.4. The molecule has 328 valence electrons. The predicted octanol–water partition coefficient (Wildman–Crippen LogP) is 3.13. The van der Waals surface area contributed by atoms with Crippen LogP contribution in [0.3, 0.4) is 0 Å². The van der Waals surface area contributed by atoms with Crippen LogP contribution in [0.4, 0.5) is 10.6 Å². The summed E-state index contributed by atoms with van der Waals surface area (Å²) < 4.78 is 35.1. The lowest BCUT2D eigenvalue weighted by molar-refractivity contribution is -0.266. The van der Waals surface area contributed by atoms with Crippen molar-refractivity contribution in [3.8, 4) is 5.75 Å². The van der Waals surface area contributed by atoms with E-state index in [1.807, 2.05) is 18.0 Å². The molecule has 20 heteroatoms. The van der Waals surface area contributed by atoms with Gasteiger partial charge in [-0.2, -0.15) is 0 Å². The molecule has 2 aliphatic rings. The van der Waals surface area contributed by atoms with Crippen molar-refractivity contribution < 1.29 is 52.4 Å². The van der Waals surface area contributed by atoms with Gasteiger partial charge in [0.2, 0.25) is 12.4 Å². The van der Waals surface area contributed by atoms with Crippen LogP contribution in [0.5, 0.6) is 5.75 Å². The lowest BCUT2D eigenvalue weighted by atomic mass is 9.90. The summed E-state index contributed by atoms with van der Waals surface area (Å²) in [5, 5.41) is 0.900. The van der Waals surface area contributed by atoms with Crippen molar-refractivity contribution in [2.45, 2.75) is 71.4 Å². The molecule has 5 rings (SSSR count).